The van der Waals surface area contributed by atoms with Crippen molar-refractivity contribution in [2.24, 2.45) is 16.6 Å². The van der Waals surface area contributed by atoms with Crippen LogP contribution in [0.15, 0.2) is 0 Å². The molecular weight excluding hydrogens is 204 g/mol. The molecule has 2 aliphatic rings. The predicted molar refractivity (Wildman–Crippen MR) is 49.4 cm³/mol. The highest BCUT2D eigenvalue weighted by Crippen LogP contribution is 2.68. The van der Waals surface area contributed by atoms with Crippen LogP contribution in [-0.2, 0) is 9.53 Å². The van der Waals surface area contributed by atoms with Gasteiger partial charge < -0.3 is 10.5 Å². The van der Waals surface area contributed by atoms with E-state index in [-0.39, 0.29) is 30.8 Å². The Bertz CT molecular complexity index is 288. The van der Waals surface area contributed by atoms with Gasteiger partial charge in [-0.05, 0) is 18.3 Å². The number of halogens is 2. The van der Waals surface area contributed by atoms with E-state index < -0.39 is 11.3 Å². The Labute approximate surface area is 87.0 Å². The molecule has 0 aromatic heterocycles. The van der Waals surface area contributed by atoms with Crippen LogP contribution in [0, 0.1) is 10.8 Å². The van der Waals surface area contributed by atoms with Crippen LogP contribution in [-0.4, -0.2) is 25.5 Å². The molecule has 86 valence electrons. The van der Waals surface area contributed by atoms with Crippen LogP contribution in [0.4, 0.5) is 8.78 Å². The maximum Gasteiger partial charge on any atom is 0.313 e. The summed E-state index contributed by atoms with van der Waals surface area (Å²) in [6.07, 6.45) is 0.717. The van der Waals surface area contributed by atoms with E-state index in [0.717, 1.165) is 0 Å². The molecule has 1 spiro atoms. The summed E-state index contributed by atoms with van der Waals surface area (Å²) in [5.41, 5.74) is 4.50. The number of alkyl halides is 2. The molecule has 0 aliphatic heterocycles. The molecule has 3 nitrogen and oxygen atoms in total. The monoisotopic (exact) mass is 219 g/mol. The second-order valence-electron chi connectivity index (χ2n) is 5.04. The number of rotatable bonds is 2. The summed E-state index contributed by atoms with van der Waals surface area (Å²) in [4.78, 5) is 11.4. The van der Waals surface area contributed by atoms with Crippen molar-refractivity contribution in [1.82, 2.24) is 0 Å². The van der Waals surface area contributed by atoms with Gasteiger partial charge >= 0.3 is 5.97 Å². The van der Waals surface area contributed by atoms with Gasteiger partial charge in [0.25, 0.3) is 0 Å². The number of methoxy groups -OCH3 is 1. The van der Waals surface area contributed by atoms with Crippen LogP contribution in [0.5, 0.6) is 0 Å². The second-order valence-corrected chi connectivity index (χ2v) is 5.04. The van der Waals surface area contributed by atoms with Gasteiger partial charge in [-0.2, -0.15) is 0 Å². The number of nitrogens with two attached hydrogens (primary N) is 1. The van der Waals surface area contributed by atoms with Crippen molar-refractivity contribution < 1.29 is 18.3 Å². The molecule has 0 aromatic rings. The highest BCUT2D eigenvalue weighted by Gasteiger charge is 2.68. The minimum absolute atomic E-state index is 0.0985. The summed E-state index contributed by atoms with van der Waals surface area (Å²) >= 11 is 0. The lowest BCUT2D eigenvalue weighted by Crippen LogP contribution is -2.63. The SMILES string of the molecule is COC(=O)C1(CN)CC2(CC(F)(F)C2)C1. The normalized spacial score (nSPS) is 29.1. The summed E-state index contributed by atoms with van der Waals surface area (Å²) in [6, 6.07) is 0. The highest BCUT2D eigenvalue weighted by molar-refractivity contribution is 5.78. The van der Waals surface area contributed by atoms with Crippen molar-refractivity contribution >= 4 is 5.97 Å². The quantitative estimate of drug-likeness (QED) is 0.712. The fraction of sp³-hybridized carbons (Fsp3) is 0.900. The molecule has 0 unspecified atom stereocenters. The van der Waals surface area contributed by atoms with Gasteiger partial charge in [0.1, 0.15) is 0 Å². The Morgan fingerprint density at radius 1 is 1.33 bits per heavy atom. The van der Waals surface area contributed by atoms with E-state index in [9.17, 15) is 13.6 Å². The zero-order valence-electron chi connectivity index (χ0n) is 8.69. The van der Waals surface area contributed by atoms with E-state index >= 15 is 0 Å². The average molecular weight is 219 g/mol. The number of ether oxygens (including phenoxy) is 1. The number of carbonyl (C=O) groups is 1. The molecule has 2 rings (SSSR count). The highest BCUT2D eigenvalue weighted by atomic mass is 19.3. The fourth-order valence-corrected chi connectivity index (χ4v) is 3.27. The number of esters is 1. The Kier molecular flexibility index (Phi) is 2.09. The Morgan fingerprint density at radius 3 is 2.20 bits per heavy atom. The first-order valence-corrected chi connectivity index (χ1v) is 5.03. The smallest absolute Gasteiger partial charge is 0.313 e. The van der Waals surface area contributed by atoms with Crippen LogP contribution in [0.2, 0.25) is 0 Å². The number of hydrogen-bond donors (Lipinski definition) is 1. The molecule has 0 amide bonds. The molecule has 0 radical (unpaired) electrons. The van der Waals surface area contributed by atoms with Crippen LogP contribution in [0.25, 0.3) is 0 Å². The second kappa shape index (κ2) is 2.90. The Morgan fingerprint density at radius 2 is 1.87 bits per heavy atom. The van der Waals surface area contributed by atoms with Crippen molar-refractivity contribution in [3.8, 4) is 0 Å². The third kappa shape index (κ3) is 1.44. The minimum atomic E-state index is -2.53. The van der Waals surface area contributed by atoms with Gasteiger partial charge in [-0.15, -0.1) is 0 Å². The Hall–Kier alpha value is -0.710. The molecule has 0 atom stereocenters. The standard InChI is InChI=1S/C10H15F2NO2/c1-15-7(14)9(6-13)2-8(3-9)4-10(11,12)5-8/h2-6,13H2,1H3. The summed E-state index contributed by atoms with van der Waals surface area (Å²) in [5.74, 6) is -2.89. The molecule has 0 bridgehead atoms. The fourth-order valence-electron chi connectivity index (χ4n) is 3.27. The summed E-state index contributed by atoms with van der Waals surface area (Å²) in [6.45, 7) is 0.187. The van der Waals surface area contributed by atoms with Crippen molar-refractivity contribution in [2.45, 2.75) is 31.6 Å². The molecule has 15 heavy (non-hydrogen) atoms. The van der Waals surface area contributed by atoms with Gasteiger partial charge in [-0.1, -0.05) is 0 Å². The van der Waals surface area contributed by atoms with E-state index in [1.807, 2.05) is 0 Å². The van der Waals surface area contributed by atoms with Crippen LogP contribution in [0.3, 0.4) is 0 Å². The lowest BCUT2D eigenvalue weighted by molar-refractivity contribution is -0.234. The third-order valence-electron chi connectivity index (χ3n) is 3.70. The van der Waals surface area contributed by atoms with Crippen molar-refractivity contribution in [3.05, 3.63) is 0 Å². The maximum atomic E-state index is 12.7. The van der Waals surface area contributed by atoms with E-state index in [0.29, 0.717) is 12.8 Å². The molecule has 2 N–H and O–H groups in total. The van der Waals surface area contributed by atoms with E-state index in [1.54, 1.807) is 0 Å². The summed E-state index contributed by atoms with van der Waals surface area (Å²) in [7, 11) is 1.31. The minimum Gasteiger partial charge on any atom is -0.469 e. The molecule has 0 saturated heterocycles. The first-order valence-electron chi connectivity index (χ1n) is 5.03. The third-order valence-corrected chi connectivity index (χ3v) is 3.70. The van der Waals surface area contributed by atoms with E-state index in [1.165, 1.54) is 7.11 Å². The molecule has 0 heterocycles. The van der Waals surface area contributed by atoms with Crippen LogP contribution in [0.1, 0.15) is 25.7 Å². The van der Waals surface area contributed by atoms with Gasteiger partial charge in [0.2, 0.25) is 5.92 Å². The van der Waals surface area contributed by atoms with Crippen molar-refractivity contribution in [1.29, 1.82) is 0 Å². The first-order chi connectivity index (χ1) is 6.87. The van der Waals surface area contributed by atoms with Crippen molar-refractivity contribution in [3.63, 3.8) is 0 Å². The summed E-state index contributed by atoms with van der Waals surface area (Å²) < 4.78 is 30.1. The van der Waals surface area contributed by atoms with E-state index in [4.69, 9.17) is 5.73 Å². The lowest BCUT2D eigenvalue weighted by Gasteiger charge is -2.61. The first kappa shape index (κ1) is 10.8. The maximum absolute atomic E-state index is 12.7. The molecule has 0 aromatic carbocycles. The van der Waals surface area contributed by atoms with Gasteiger partial charge in [-0.25, -0.2) is 8.78 Å². The molecule has 5 heteroatoms. The average Bonchev–Trinajstić information content (AvgIpc) is 2.08. The van der Waals surface area contributed by atoms with Gasteiger partial charge in [0, 0.05) is 19.4 Å². The number of hydrogen-bond acceptors (Lipinski definition) is 3. The number of carbonyl (C=O) groups excluding carboxylic acids is 1. The van der Waals surface area contributed by atoms with Gasteiger partial charge in [0.15, 0.2) is 0 Å². The van der Waals surface area contributed by atoms with Gasteiger partial charge in [0.05, 0.1) is 12.5 Å². The van der Waals surface area contributed by atoms with Crippen LogP contribution < -0.4 is 5.73 Å². The topological polar surface area (TPSA) is 52.3 Å². The summed E-state index contributed by atoms with van der Waals surface area (Å²) in [5, 5.41) is 0. The zero-order chi connectivity index (χ0) is 11.3. The molecule has 2 aliphatic carbocycles. The molecule has 2 fully saturated rings. The largest absolute Gasteiger partial charge is 0.469 e. The lowest BCUT2D eigenvalue weighted by atomic mass is 9.44. The van der Waals surface area contributed by atoms with Crippen LogP contribution >= 0.6 is 0 Å². The molecule has 2 saturated carbocycles. The van der Waals surface area contributed by atoms with Gasteiger partial charge in [-0.3, -0.25) is 4.79 Å². The van der Waals surface area contributed by atoms with E-state index in [2.05, 4.69) is 4.74 Å². The van der Waals surface area contributed by atoms with Crippen molar-refractivity contribution in [2.75, 3.05) is 13.7 Å². The predicted octanol–water partition coefficient (Wildman–Crippen LogP) is 1.31. The Balaban J connectivity index is 1.99. The molecular formula is C10H15F2NO2. The zero-order valence-corrected chi connectivity index (χ0v) is 8.69.